The molecule has 0 fully saturated rings. The van der Waals surface area contributed by atoms with Gasteiger partial charge in [-0.05, 0) is 42.5 Å². The molecular formula is C15H11Cl2FO2. The van der Waals surface area contributed by atoms with E-state index in [0.717, 1.165) is 0 Å². The molecule has 5 heteroatoms. The second kappa shape index (κ2) is 6.73. The minimum Gasteiger partial charge on any atom is -0.493 e. The predicted molar refractivity (Wildman–Crippen MR) is 77.3 cm³/mol. The molecule has 0 atom stereocenters. The van der Waals surface area contributed by atoms with Gasteiger partial charge in [-0.1, -0.05) is 23.2 Å². The van der Waals surface area contributed by atoms with Gasteiger partial charge < -0.3 is 4.74 Å². The number of carbonyl (C=O) groups excluding carboxylic acids is 1. The van der Waals surface area contributed by atoms with Crippen LogP contribution < -0.4 is 4.74 Å². The van der Waals surface area contributed by atoms with Gasteiger partial charge >= 0.3 is 0 Å². The lowest BCUT2D eigenvalue weighted by molar-refractivity contribution is 0.0962. The van der Waals surface area contributed by atoms with Gasteiger partial charge in [-0.2, -0.15) is 0 Å². The van der Waals surface area contributed by atoms with E-state index in [0.29, 0.717) is 21.4 Å². The highest BCUT2D eigenvalue weighted by Gasteiger charge is 2.07. The lowest BCUT2D eigenvalue weighted by atomic mass is 10.1. The smallest absolute Gasteiger partial charge is 0.166 e. The lowest BCUT2D eigenvalue weighted by Gasteiger charge is -2.07. The molecule has 0 unspecified atom stereocenters. The molecule has 0 saturated carbocycles. The molecule has 2 aromatic rings. The zero-order valence-corrected chi connectivity index (χ0v) is 11.9. The highest BCUT2D eigenvalue weighted by Crippen LogP contribution is 2.24. The van der Waals surface area contributed by atoms with E-state index >= 15 is 0 Å². The van der Waals surface area contributed by atoms with Crippen LogP contribution in [0.15, 0.2) is 42.5 Å². The van der Waals surface area contributed by atoms with Gasteiger partial charge in [0.05, 0.1) is 6.61 Å². The Balaban J connectivity index is 1.89. The molecule has 0 aliphatic carbocycles. The topological polar surface area (TPSA) is 26.3 Å². The Bertz CT molecular complexity index is 592. The molecular weight excluding hydrogens is 302 g/mol. The Labute approximate surface area is 126 Å². The van der Waals surface area contributed by atoms with Crippen molar-refractivity contribution in [3.63, 3.8) is 0 Å². The van der Waals surface area contributed by atoms with E-state index < -0.39 is 0 Å². The van der Waals surface area contributed by atoms with E-state index in [9.17, 15) is 9.18 Å². The average molecular weight is 313 g/mol. The van der Waals surface area contributed by atoms with Crippen LogP contribution in [0.1, 0.15) is 16.8 Å². The summed E-state index contributed by atoms with van der Waals surface area (Å²) in [5.74, 6) is 0.0268. The summed E-state index contributed by atoms with van der Waals surface area (Å²) in [5, 5.41) is 0.940. The van der Waals surface area contributed by atoms with Crippen molar-refractivity contribution in [2.24, 2.45) is 0 Å². The molecule has 0 N–H and O–H groups in total. The summed E-state index contributed by atoms with van der Waals surface area (Å²) in [4.78, 5) is 11.8. The minimum absolute atomic E-state index is 0.113. The Kier molecular flexibility index (Phi) is 4.99. The number of halogens is 3. The molecule has 0 saturated heterocycles. The van der Waals surface area contributed by atoms with Gasteiger partial charge in [0.25, 0.3) is 0 Å². The number of hydrogen-bond acceptors (Lipinski definition) is 2. The van der Waals surface area contributed by atoms with Crippen LogP contribution in [0, 0.1) is 5.82 Å². The van der Waals surface area contributed by atoms with Crippen molar-refractivity contribution in [1.82, 2.24) is 0 Å². The van der Waals surface area contributed by atoms with Crippen LogP contribution in [0.25, 0.3) is 0 Å². The Hall–Kier alpha value is -1.58. The van der Waals surface area contributed by atoms with E-state index in [1.165, 1.54) is 24.3 Å². The first-order valence-electron chi connectivity index (χ1n) is 5.92. The number of hydrogen-bond donors (Lipinski definition) is 0. The maximum absolute atomic E-state index is 12.7. The van der Waals surface area contributed by atoms with Crippen molar-refractivity contribution in [2.45, 2.75) is 6.42 Å². The van der Waals surface area contributed by atoms with Crippen LogP contribution >= 0.6 is 23.2 Å². The summed E-state index contributed by atoms with van der Waals surface area (Å²) in [6, 6.07) is 10.3. The Morgan fingerprint density at radius 1 is 1.05 bits per heavy atom. The lowest BCUT2D eigenvalue weighted by Crippen LogP contribution is -2.06. The second-order valence-corrected chi connectivity index (χ2v) is 5.01. The fourth-order valence-corrected chi connectivity index (χ4v) is 2.16. The first-order valence-corrected chi connectivity index (χ1v) is 6.68. The maximum atomic E-state index is 12.7. The number of Topliss-reactive ketones (excluding diaryl/α,β-unsaturated/α-hetero) is 1. The minimum atomic E-state index is -0.369. The summed E-state index contributed by atoms with van der Waals surface area (Å²) in [6.45, 7) is 0.201. The third-order valence-electron chi connectivity index (χ3n) is 2.60. The molecule has 104 valence electrons. The van der Waals surface area contributed by atoms with E-state index in [1.54, 1.807) is 18.2 Å². The van der Waals surface area contributed by atoms with Crippen LogP contribution in [-0.4, -0.2) is 12.4 Å². The standard InChI is InChI=1S/C15H11Cl2FO2/c16-11-7-12(17)9-14(8-11)20-6-5-15(19)10-1-3-13(18)4-2-10/h1-4,7-9H,5-6H2. The fourth-order valence-electron chi connectivity index (χ4n) is 1.65. The second-order valence-electron chi connectivity index (χ2n) is 4.13. The third kappa shape index (κ3) is 4.22. The zero-order valence-electron chi connectivity index (χ0n) is 10.4. The van der Waals surface area contributed by atoms with Crippen molar-refractivity contribution in [2.75, 3.05) is 6.61 Å². The zero-order chi connectivity index (χ0) is 14.5. The van der Waals surface area contributed by atoms with Crippen LogP contribution in [0.3, 0.4) is 0 Å². The Morgan fingerprint density at radius 3 is 2.25 bits per heavy atom. The molecule has 2 aromatic carbocycles. The largest absolute Gasteiger partial charge is 0.493 e. The van der Waals surface area contributed by atoms with Crippen LogP contribution in [0.4, 0.5) is 4.39 Å². The Morgan fingerprint density at radius 2 is 1.65 bits per heavy atom. The van der Waals surface area contributed by atoms with Gasteiger partial charge in [-0.25, -0.2) is 4.39 Å². The first kappa shape index (κ1) is 14.8. The molecule has 0 spiro atoms. The number of ether oxygens (including phenoxy) is 1. The molecule has 2 nitrogen and oxygen atoms in total. The van der Waals surface area contributed by atoms with E-state index in [1.807, 2.05) is 0 Å². The molecule has 0 aromatic heterocycles. The van der Waals surface area contributed by atoms with E-state index in [2.05, 4.69) is 0 Å². The van der Waals surface area contributed by atoms with Crippen molar-refractivity contribution in [1.29, 1.82) is 0 Å². The highest BCUT2D eigenvalue weighted by molar-refractivity contribution is 6.34. The molecule has 20 heavy (non-hydrogen) atoms. The summed E-state index contributed by atoms with van der Waals surface area (Å²) < 4.78 is 18.2. The van der Waals surface area contributed by atoms with E-state index in [-0.39, 0.29) is 24.6 Å². The quantitative estimate of drug-likeness (QED) is 0.742. The number of ketones is 1. The summed E-state index contributed by atoms with van der Waals surface area (Å²) >= 11 is 11.7. The number of benzene rings is 2. The molecule has 0 radical (unpaired) electrons. The predicted octanol–water partition coefficient (Wildman–Crippen LogP) is 4.78. The summed E-state index contributed by atoms with van der Waals surface area (Å²) in [5.41, 5.74) is 0.458. The molecule has 0 heterocycles. The van der Waals surface area contributed by atoms with Gasteiger partial charge in [-0.3, -0.25) is 4.79 Å². The number of carbonyl (C=O) groups is 1. The third-order valence-corrected chi connectivity index (χ3v) is 3.04. The molecule has 0 bridgehead atoms. The van der Waals surface area contributed by atoms with Gasteiger partial charge in [0.1, 0.15) is 11.6 Å². The van der Waals surface area contributed by atoms with Gasteiger partial charge in [0, 0.05) is 22.0 Å². The summed E-state index contributed by atoms with van der Waals surface area (Å²) in [7, 11) is 0. The molecule has 0 amide bonds. The average Bonchev–Trinajstić information content (AvgIpc) is 2.38. The summed E-state index contributed by atoms with van der Waals surface area (Å²) in [6.07, 6.45) is 0.190. The highest BCUT2D eigenvalue weighted by atomic mass is 35.5. The normalized spacial score (nSPS) is 10.3. The van der Waals surface area contributed by atoms with Crippen LogP contribution in [0.2, 0.25) is 10.0 Å². The van der Waals surface area contributed by atoms with Crippen molar-refractivity contribution < 1.29 is 13.9 Å². The molecule has 0 aliphatic rings. The van der Waals surface area contributed by atoms with Crippen molar-refractivity contribution >= 4 is 29.0 Å². The van der Waals surface area contributed by atoms with Gasteiger partial charge in [-0.15, -0.1) is 0 Å². The number of rotatable bonds is 5. The maximum Gasteiger partial charge on any atom is 0.166 e. The van der Waals surface area contributed by atoms with Crippen molar-refractivity contribution in [3.05, 3.63) is 63.9 Å². The molecule has 0 aliphatic heterocycles. The monoisotopic (exact) mass is 312 g/mol. The van der Waals surface area contributed by atoms with Crippen LogP contribution in [0.5, 0.6) is 5.75 Å². The van der Waals surface area contributed by atoms with Crippen LogP contribution in [-0.2, 0) is 0 Å². The van der Waals surface area contributed by atoms with Crippen molar-refractivity contribution in [3.8, 4) is 5.75 Å². The fraction of sp³-hybridized carbons (Fsp3) is 0.133. The first-order chi connectivity index (χ1) is 9.54. The molecule has 2 rings (SSSR count). The SMILES string of the molecule is O=C(CCOc1cc(Cl)cc(Cl)c1)c1ccc(F)cc1. The van der Waals surface area contributed by atoms with Gasteiger partial charge in [0.2, 0.25) is 0 Å². The van der Waals surface area contributed by atoms with E-state index in [4.69, 9.17) is 27.9 Å². The van der Waals surface area contributed by atoms with Gasteiger partial charge in [0.15, 0.2) is 5.78 Å².